The molecule has 0 unspecified atom stereocenters. The first-order valence-electron chi connectivity index (χ1n) is 8.17. The maximum Gasteiger partial charge on any atom is 0.343 e. The van der Waals surface area contributed by atoms with Crippen LogP contribution in [0.4, 0.5) is 0 Å². The Morgan fingerprint density at radius 2 is 1.88 bits per heavy atom. The molecule has 0 bridgehead atoms. The molecule has 0 saturated heterocycles. The van der Waals surface area contributed by atoms with E-state index in [0.717, 1.165) is 27.8 Å². The Kier molecular flexibility index (Phi) is 6.44. The van der Waals surface area contributed by atoms with E-state index in [9.17, 15) is 4.79 Å². The van der Waals surface area contributed by atoms with Crippen LogP contribution in [0.25, 0.3) is 0 Å². The van der Waals surface area contributed by atoms with Crippen molar-refractivity contribution in [1.82, 2.24) is 0 Å². The standard InChI is InChI=1S/C20H23BrO3/c1-5-10-23-18-9-7-15(12-17(18)21)20(22)24-19-11-14(4)6-8-16(19)13(2)3/h6-9,11-13H,5,10H2,1-4H3. The lowest BCUT2D eigenvalue weighted by atomic mass is 10.0. The van der Waals surface area contributed by atoms with Crippen molar-refractivity contribution in [3.8, 4) is 11.5 Å². The summed E-state index contributed by atoms with van der Waals surface area (Å²) in [5.41, 5.74) is 2.57. The fourth-order valence-corrected chi connectivity index (χ4v) is 2.82. The van der Waals surface area contributed by atoms with Gasteiger partial charge in [0.1, 0.15) is 11.5 Å². The summed E-state index contributed by atoms with van der Waals surface area (Å²) in [5, 5.41) is 0. The van der Waals surface area contributed by atoms with Gasteiger partial charge in [-0.25, -0.2) is 4.79 Å². The normalized spacial score (nSPS) is 10.8. The van der Waals surface area contributed by atoms with Gasteiger partial charge in [-0.2, -0.15) is 0 Å². The van der Waals surface area contributed by atoms with Gasteiger partial charge < -0.3 is 9.47 Å². The third-order valence-electron chi connectivity index (χ3n) is 3.62. The number of hydrogen-bond donors (Lipinski definition) is 0. The van der Waals surface area contributed by atoms with E-state index in [1.54, 1.807) is 18.2 Å². The SMILES string of the molecule is CCCOc1ccc(C(=O)Oc2cc(C)ccc2C(C)C)cc1Br. The van der Waals surface area contributed by atoms with Gasteiger partial charge in [-0.05, 0) is 70.6 Å². The number of carbonyl (C=O) groups excluding carboxylic acids is 1. The smallest absolute Gasteiger partial charge is 0.343 e. The van der Waals surface area contributed by atoms with Crippen molar-refractivity contribution < 1.29 is 14.3 Å². The molecular formula is C20H23BrO3. The van der Waals surface area contributed by atoms with E-state index in [-0.39, 0.29) is 11.9 Å². The minimum atomic E-state index is -0.370. The maximum atomic E-state index is 12.5. The van der Waals surface area contributed by atoms with Crippen LogP contribution >= 0.6 is 15.9 Å². The van der Waals surface area contributed by atoms with Crippen molar-refractivity contribution in [1.29, 1.82) is 0 Å². The quantitative estimate of drug-likeness (QED) is 0.455. The Labute approximate surface area is 152 Å². The lowest BCUT2D eigenvalue weighted by Gasteiger charge is -2.14. The molecule has 0 aliphatic carbocycles. The Balaban J connectivity index is 2.21. The zero-order chi connectivity index (χ0) is 17.7. The highest BCUT2D eigenvalue weighted by Crippen LogP contribution is 2.30. The first-order valence-corrected chi connectivity index (χ1v) is 8.96. The van der Waals surface area contributed by atoms with Gasteiger partial charge in [-0.3, -0.25) is 0 Å². The molecule has 0 fully saturated rings. The Morgan fingerprint density at radius 3 is 2.50 bits per heavy atom. The minimum absolute atomic E-state index is 0.282. The average Bonchev–Trinajstić information content (AvgIpc) is 2.53. The predicted octanol–water partition coefficient (Wildman–Crippen LogP) is 5.89. The van der Waals surface area contributed by atoms with Gasteiger partial charge in [0.25, 0.3) is 0 Å². The summed E-state index contributed by atoms with van der Waals surface area (Å²) < 4.78 is 12.0. The largest absolute Gasteiger partial charge is 0.492 e. The molecule has 4 heteroatoms. The first-order chi connectivity index (χ1) is 11.4. The topological polar surface area (TPSA) is 35.5 Å². The fraction of sp³-hybridized carbons (Fsp3) is 0.350. The van der Waals surface area contributed by atoms with Crippen molar-refractivity contribution >= 4 is 21.9 Å². The van der Waals surface area contributed by atoms with Gasteiger partial charge >= 0.3 is 5.97 Å². The molecule has 128 valence electrons. The van der Waals surface area contributed by atoms with E-state index in [1.807, 2.05) is 32.0 Å². The van der Waals surface area contributed by atoms with Gasteiger partial charge in [-0.1, -0.05) is 32.9 Å². The van der Waals surface area contributed by atoms with E-state index in [4.69, 9.17) is 9.47 Å². The zero-order valence-electron chi connectivity index (χ0n) is 14.6. The monoisotopic (exact) mass is 390 g/mol. The molecule has 24 heavy (non-hydrogen) atoms. The van der Waals surface area contributed by atoms with Gasteiger partial charge in [0, 0.05) is 0 Å². The number of hydrogen-bond acceptors (Lipinski definition) is 3. The molecule has 0 aromatic heterocycles. The molecule has 0 saturated carbocycles. The van der Waals surface area contributed by atoms with Crippen molar-refractivity contribution in [3.63, 3.8) is 0 Å². The third kappa shape index (κ3) is 4.60. The van der Waals surface area contributed by atoms with Crippen LogP contribution in [0.15, 0.2) is 40.9 Å². The van der Waals surface area contributed by atoms with Crippen molar-refractivity contribution in [3.05, 3.63) is 57.6 Å². The number of ether oxygens (including phenoxy) is 2. The molecule has 0 amide bonds. The highest BCUT2D eigenvalue weighted by molar-refractivity contribution is 9.10. The summed E-state index contributed by atoms with van der Waals surface area (Å²) in [6.07, 6.45) is 0.932. The van der Waals surface area contributed by atoms with E-state index in [1.165, 1.54) is 0 Å². The molecule has 0 heterocycles. The van der Waals surface area contributed by atoms with E-state index >= 15 is 0 Å². The van der Waals surface area contributed by atoms with Crippen molar-refractivity contribution in [2.24, 2.45) is 0 Å². The van der Waals surface area contributed by atoms with Gasteiger partial charge in [0.05, 0.1) is 16.6 Å². The van der Waals surface area contributed by atoms with Crippen LogP contribution < -0.4 is 9.47 Å². The van der Waals surface area contributed by atoms with Crippen molar-refractivity contribution in [2.75, 3.05) is 6.61 Å². The Bertz CT molecular complexity index is 723. The maximum absolute atomic E-state index is 12.5. The fourth-order valence-electron chi connectivity index (χ4n) is 2.32. The summed E-state index contributed by atoms with van der Waals surface area (Å²) in [5.74, 6) is 1.26. The Morgan fingerprint density at radius 1 is 1.12 bits per heavy atom. The second-order valence-corrected chi connectivity index (χ2v) is 6.93. The van der Waals surface area contributed by atoms with Crippen LogP contribution in [0.5, 0.6) is 11.5 Å². The molecule has 2 aromatic rings. The average molecular weight is 391 g/mol. The van der Waals surface area contributed by atoms with Gasteiger partial charge in [-0.15, -0.1) is 0 Å². The number of aryl methyl sites for hydroxylation is 1. The van der Waals surface area contributed by atoms with Crippen LogP contribution in [0.1, 0.15) is 54.6 Å². The molecule has 0 N–H and O–H groups in total. The molecular weight excluding hydrogens is 368 g/mol. The Hall–Kier alpha value is -1.81. The second-order valence-electron chi connectivity index (χ2n) is 6.08. The van der Waals surface area contributed by atoms with E-state index in [2.05, 4.69) is 29.8 Å². The minimum Gasteiger partial charge on any atom is -0.492 e. The summed E-state index contributed by atoms with van der Waals surface area (Å²) in [7, 11) is 0. The van der Waals surface area contributed by atoms with Crippen LogP contribution in [0, 0.1) is 6.92 Å². The summed E-state index contributed by atoms with van der Waals surface area (Å²) in [4.78, 5) is 12.5. The first kappa shape index (κ1) is 18.5. The third-order valence-corrected chi connectivity index (χ3v) is 4.24. The summed E-state index contributed by atoms with van der Waals surface area (Å²) in [6.45, 7) is 8.84. The molecule has 3 nitrogen and oxygen atoms in total. The highest BCUT2D eigenvalue weighted by atomic mass is 79.9. The second kappa shape index (κ2) is 8.34. The molecule has 0 aliphatic heterocycles. The number of esters is 1. The lowest BCUT2D eigenvalue weighted by Crippen LogP contribution is -2.11. The van der Waals surface area contributed by atoms with Crippen LogP contribution in [-0.4, -0.2) is 12.6 Å². The van der Waals surface area contributed by atoms with Crippen LogP contribution in [0.3, 0.4) is 0 Å². The molecule has 0 spiro atoms. The van der Waals surface area contributed by atoms with Crippen molar-refractivity contribution in [2.45, 2.75) is 40.0 Å². The molecule has 2 rings (SSSR count). The number of carbonyl (C=O) groups is 1. The van der Waals surface area contributed by atoms with E-state index in [0.29, 0.717) is 17.9 Å². The lowest BCUT2D eigenvalue weighted by molar-refractivity contribution is 0.0732. The summed E-state index contributed by atoms with van der Waals surface area (Å²) >= 11 is 3.45. The van der Waals surface area contributed by atoms with E-state index < -0.39 is 0 Å². The molecule has 2 aromatic carbocycles. The number of benzene rings is 2. The zero-order valence-corrected chi connectivity index (χ0v) is 16.1. The molecule has 0 atom stereocenters. The number of halogens is 1. The van der Waals surface area contributed by atoms with Gasteiger partial charge in [0.15, 0.2) is 0 Å². The highest BCUT2D eigenvalue weighted by Gasteiger charge is 2.15. The van der Waals surface area contributed by atoms with Gasteiger partial charge in [0.2, 0.25) is 0 Å². The molecule has 0 radical (unpaired) electrons. The predicted molar refractivity (Wildman–Crippen MR) is 100 cm³/mol. The summed E-state index contributed by atoms with van der Waals surface area (Å²) in [6, 6.07) is 11.2. The molecule has 0 aliphatic rings. The van der Waals surface area contributed by atoms with Crippen LogP contribution in [-0.2, 0) is 0 Å². The van der Waals surface area contributed by atoms with Crippen LogP contribution in [0.2, 0.25) is 0 Å². The number of rotatable bonds is 6.